The molecule has 0 amide bonds. The summed E-state index contributed by atoms with van der Waals surface area (Å²) in [5, 5.41) is 0. The molecule has 2 aromatic rings. The third-order valence-electron chi connectivity index (χ3n) is 2.82. The zero-order valence-electron chi connectivity index (χ0n) is 12.1. The van der Waals surface area contributed by atoms with Crippen LogP contribution in [0, 0.1) is 0 Å². The molecule has 0 saturated carbocycles. The summed E-state index contributed by atoms with van der Waals surface area (Å²) in [5.74, 6) is 2.54. The molecule has 0 aliphatic heterocycles. The van der Waals surface area contributed by atoms with Gasteiger partial charge in [0.2, 0.25) is 0 Å². The van der Waals surface area contributed by atoms with Crippen LogP contribution in [-0.4, -0.2) is 32.1 Å². The topological polar surface area (TPSA) is 21.7 Å². The lowest BCUT2D eigenvalue weighted by molar-refractivity contribution is 0.281. The maximum atomic E-state index is 5.73. The highest BCUT2D eigenvalue weighted by molar-refractivity contribution is 5.35. The monoisotopic (exact) mass is 271 g/mol. The number of benzene rings is 2. The summed E-state index contributed by atoms with van der Waals surface area (Å²) in [6, 6.07) is 17.5. The number of nitrogens with zero attached hydrogens (tertiary/aromatic N) is 1. The number of hydrogen-bond acceptors (Lipinski definition) is 3. The molecule has 2 rings (SSSR count). The van der Waals surface area contributed by atoms with Gasteiger partial charge in [0.1, 0.15) is 17.2 Å². The molecule has 0 spiro atoms. The van der Waals surface area contributed by atoms with E-state index in [1.165, 1.54) is 0 Å². The van der Waals surface area contributed by atoms with Crippen LogP contribution < -0.4 is 9.47 Å². The van der Waals surface area contributed by atoms with Gasteiger partial charge in [-0.15, -0.1) is 0 Å². The van der Waals surface area contributed by atoms with E-state index in [-0.39, 0.29) is 0 Å². The molecule has 0 N–H and O–H groups in total. The molecule has 0 radical (unpaired) electrons. The first-order chi connectivity index (χ1) is 9.74. The molecule has 3 heteroatoms. The number of para-hydroxylation sites is 1. The SMILES string of the molecule is CN(C)CCCOc1ccc(Oc2ccccc2)cc1. The number of rotatable bonds is 7. The molecule has 0 heterocycles. The van der Waals surface area contributed by atoms with E-state index in [0.717, 1.165) is 36.8 Å². The van der Waals surface area contributed by atoms with Crippen LogP contribution >= 0.6 is 0 Å². The van der Waals surface area contributed by atoms with Crippen LogP contribution in [0.15, 0.2) is 54.6 Å². The van der Waals surface area contributed by atoms with Gasteiger partial charge in [0.15, 0.2) is 0 Å². The molecular weight excluding hydrogens is 250 g/mol. The van der Waals surface area contributed by atoms with Gasteiger partial charge < -0.3 is 14.4 Å². The minimum Gasteiger partial charge on any atom is -0.494 e. The molecule has 20 heavy (non-hydrogen) atoms. The largest absolute Gasteiger partial charge is 0.494 e. The summed E-state index contributed by atoms with van der Waals surface area (Å²) in [6.07, 6.45) is 1.02. The average molecular weight is 271 g/mol. The Bertz CT molecular complexity index is 494. The first kappa shape index (κ1) is 14.4. The fraction of sp³-hybridized carbons (Fsp3) is 0.294. The molecule has 0 aliphatic rings. The van der Waals surface area contributed by atoms with Crippen molar-refractivity contribution in [1.29, 1.82) is 0 Å². The van der Waals surface area contributed by atoms with E-state index < -0.39 is 0 Å². The maximum Gasteiger partial charge on any atom is 0.127 e. The van der Waals surface area contributed by atoms with E-state index in [0.29, 0.717) is 0 Å². The normalized spacial score (nSPS) is 10.6. The van der Waals surface area contributed by atoms with Gasteiger partial charge in [-0.2, -0.15) is 0 Å². The molecular formula is C17H21NO2. The van der Waals surface area contributed by atoms with E-state index in [4.69, 9.17) is 9.47 Å². The Kier molecular flexibility index (Phi) is 5.44. The quantitative estimate of drug-likeness (QED) is 0.715. The second-order valence-electron chi connectivity index (χ2n) is 4.89. The van der Waals surface area contributed by atoms with Crippen molar-refractivity contribution in [3.05, 3.63) is 54.6 Å². The van der Waals surface area contributed by atoms with Gasteiger partial charge in [-0.05, 0) is 56.9 Å². The Balaban J connectivity index is 1.81. The minimum absolute atomic E-state index is 0.733. The van der Waals surface area contributed by atoms with Gasteiger partial charge in [-0.3, -0.25) is 0 Å². The molecule has 0 aliphatic carbocycles. The third kappa shape index (κ3) is 4.94. The Morgan fingerprint density at radius 2 is 1.40 bits per heavy atom. The molecule has 0 unspecified atom stereocenters. The molecule has 2 aromatic carbocycles. The van der Waals surface area contributed by atoms with Crippen molar-refractivity contribution in [2.75, 3.05) is 27.2 Å². The van der Waals surface area contributed by atoms with Crippen LogP contribution in [0.2, 0.25) is 0 Å². The molecule has 106 valence electrons. The standard InChI is InChI=1S/C17H21NO2/c1-18(2)13-6-14-19-15-9-11-17(12-10-15)20-16-7-4-3-5-8-16/h3-5,7-12H,6,13-14H2,1-2H3. The molecule has 3 nitrogen and oxygen atoms in total. The Labute approximate surface area is 120 Å². The van der Waals surface area contributed by atoms with Crippen LogP contribution in [0.1, 0.15) is 6.42 Å². The van der Waals surface area contributed by atoms with Gasteiger partial charge >= 0.3 is 0 Å². The smallest absolute Gasteiger partial charge is 0.127 e. The third-order valence-corrected chi connectivity index (χ3v) is 2.82. The fourth-order valence-electron chi connectivity index (χ4n) is 1.80. The van der Waals surface area contributed by atoms with Gasteiger partial charge in [0.25, 0.3) is 0 Å². The summed E-state index contributed by atoms with van der Waals surface area (Å²) in [7, 11) is 4.13. The van der Waals surface area contributed by atoms with Crippen LogP contribution in [0.4, 0.5) is 0 Å². The second-order valence-corrected chi connectivity index (χ2v) is 4.89. The van der Waals surface area contributed by atoms with Crippen LogP contribution in [0.25, 0.3) is 0 Å². The summed E-state index contributed by atoms with van der Waals surface area (Å²) in [6.45, 7) is 1.77. The lowest BCUT2D eigenvalue weighted by Gasteiger charge is -2.11. The van der Waals surface area contributed by atoms with Crippen molar-refractivity contribution in [2.24, 2.45) is 0 Å². The van der Waals surface area contributed by atoms with Crippen molar-refractivity contribution in [2.45, 2.75) is 6.42 Å². The second kappa shape index (κ2) is 7.56. The summed E-state index contributed by atoms with van der Waals surface area (Å²) in [5.41, 5.74) is 0. The Morgan fingerprint density at radius 1 is 0.800 bits per heavy atom. The first-order valence-electron chi connectivity index (χ1n) is 6.84. The van der Waals surface area contributed by atoms with Crippen LogP contribution in [0.3, 0.4) is 0 Å². The minimum atomic E-state index is 0.733. The van der Waals surface area contributed by atoms with E-state index in [1.807, 2.05) is 54.6 Å². The molecule has 0 atom stereocenters. The Morgan fingerprint density at radius 3 is 2.05 bits per heavy atom. The predicted molar refractivity (Wildman–Crippen MR) is 81.6 cm³/mol. The van der Waals surface area contributed by atoms with Gasteiger partial charge in [-0.25, -0.2) is 0 Å². The van der Waals surface area contributed by atoms with Crippen molar-refractivity contribution in [3.63, 3.8) is 0 Å². The predicted octanol–water partition coefficient (Wildman–Crippen LogP) is 3.81. The molecule has 0 bridgehead atoms. The van der Waals surface area contributed by atoms with Gasteiger partial charge in [0.05, 0.1) is 6.61 Å². The highest BCUT2D eigenvalue weighted by Crippen LogP contribution is 2.23. The van der Waals surface area contributed by atoms with Crippen molar-refractivity contribution < 1.29 is 9.47 Å². The molecule has 0 aromatic heterocycles. The molecule has 0 fully saturated rings. The van der Waals surface area contributed by atoms with Gasteiger partial charge in [0, 0.05) is 6.54 Å². The van der Waals surface area contributed by atoms with E-state index in [9.17, 15) is 0 Å². The van der Waals surface area contributed by atoms with Crippen LogP contribution in [0.5, 0.6) is 17.2 Å². The zero-order valence-corrected chi connectivity index (χ0v) is 12.1. The Hall–Kier alpha value is -2.00. The average Bonchev–Trinajstić information content (AvgIpc) is 2.46. The van der Waals surface area contributed by atoms with E-state index >= 15 is 0 Å². The van der Waals surface area contributed by atoms with Gasteiger partial charge in [-0.1, -0.05) is 18.2 Å². The summed E-state index contributed by atoms with van der Waals surface area (Å²) >= 11 is 0. The van der Waals surface area contributed by atoms with Crippen LogP contribution in [-0.2, 0) is 0 Å². The molecule has 0 saturated heterocycles. The van der Waals surface area contributed by atoms with Crippen molar-refractivity contribution in [3.8, 4) is 17.2 Å². The maximum absolute atomic E-state index is 5.73. The summed E-state index contributed by atoms with van der Waals surface area (Å²) < 4.78 is 11.4. The van der Waals surface area contributed by atoms with Crippen molar-refractivity contribution in [1.82, 2.24) is 4.90 Å². The summed E-state index contributed by atoms with van der Waals surface area (Å²) in [4.78, 5) is 2.15. The lowest BCUT2D eigenvalue weighted by Crippen LogP contribution is -2.15. The fourth-order valence-corrected chi connectivity index (χ4v) is 1.80. The van der Waals surface area contributed by atoms with Crippen molar-refractivity contribution >= 4 is 0 Å². The first-order valence-corrected chi connectivity index (χ1v) is 6.84. The zero-order chi connectivity index (χ0) is 14.2. The van der Waals surface area contributed by atoms with E-state index in [2.05, 4.69) is 19.0 Å². The highest BCUT2D eigenvalue weighted by Gasteiger charge is 1.98. The number of ether oxygens (including phenoxy) is 2. The highest BCUT2D eigenvalue weighted by atomic mass is 16.5. The number of hydrogen-bond donors (Lipinski definition) is 0. The lowest BCUT2D eigenvalue weighted by atomic mass is 10.3. The van der Waals surface area contributed by atoms with E-state index in [1.54, 1.807) is 0 Å².